The minimum Gasteiger partial charge on any atom is -0.388 e. The summed E-state index contributed by atoms with van der Waals surface area (Å²) in [4.78, 5) is 0. The molecule has 89 heavy (non-hydrogen) atoms. The van der Waals surface area contributed by atoms with Crippen LogP contribution < -0.4 is 20.1 Å². The minimum absolute atomic E-state index is 0.00117. The Hall–Kier alpha value is -2.90. The summed E-state index contributed by atoms with van der Waals surface area (Å²) in [5.41, 5.74) is 3.01. The number of rotatable bonds is 32. The van der Waals surface area contributed by atoms with E-state index in [0.717, 1.165) is 11.1 Å². The summed E-state index contributed by atoms with van der Waals surface area (Å²) in [6.07, 6.45) is -20.1. The normalized spacial score (nSPS) is 32.9. The highest BCUT2D eigenvalue weighted by Gasteiger charge is 2.57. The lowest BCUT2D eigenvalue weighted by Gasteiger charge is -2.52. The first-order valence-electron chi connectivity index (χ1n) is 29.0. The minimum atomic E-state index is -4.52. The van der Waals surface area contributed by atoms with Gasteiger partial charge in [-0.15, -0.1) is 0 Å². The summed E-state index contributed by atoms with van der Waals surface area (Å²) < 4.78 is 156. The number of benzene rings is 4. The van der Waals surface area contributed by atoms with Crippen LogP contribution in [0.5, 0.6) is 0 Å². The highest BCUT2D eigenvalue weighted by molar-refractivity contribution is 7.98. The lowest BCUT2D eigenvalue weighted by molar-refractivity contribution is -0.373. The third-order valence-corrected chi connectivity index (χ3v) is 18.4. The summed E-state index contributed by atoms with van der Waals surface area (Å²) in [5.74, 6) is 0. The quantitative estimate of drug-likeness (QED) is 0.0347. The van der Waals surface area contributed by atoms with Crippen molar-refractivity contribution in [3.05, 3.63) is 144 Å². The zero-order chi connectivity index (χ0) is 63.8. The SMILES string of the molecule is [B]P([B])O[C@@H]1C(NC)[C@@H](OC2C(C)O[C@H](O[C@@H]3C(COS(=O)(=O)NCc4ccccc4)O[C@H](OC4C(C)O[C@@H](C)C(OC)[C@@H]4OCc4ccccc4)C(NC)[C@H]3OP([B])[B])C(OC)[C@@H]2OCc2ccccc2)OC(COS(=O)(=O)NCc2ccccc2)[C@H]1O. The largest absolute Gasteiger partial charge is 0.388 e. The smallest absolute Gasteiger partial charge is 0.336 e. The van der Waals surface area contributed by atoms with Gasteiger partial charge in [0.1, 0.15) is 104 Å². The van der Waals surface area contributed by atoms with E-state index >= 15 is 0 Å². The Morgan fingerprint density at radius 2 is 0.843 bits per heavy atom. The molecule has 8 rings (SSSR count). The number of hydrogen-bond donors (Lipinski definition) is 5. The number of ether oxygens (including phenoxy) is 11. The monoisotopic (exact) mass is 1310 g/mol. The second kappa shape index (κ2) is 34.5. The standard InChI is InChI=1S/C57H78B4N4O20P2S2/c1-34-46(71-6)52(73-30-39-24-16-10-17-25-39)47(35(2)77-34)81-56-44(63-5)51(85-87(60)61)49(42(80-56)33-76-89(69,70)65-29-38-22-14-9-15-23-38)83-57-54(72-7)53(74-31-40-26-18-11-19-27-40)48(36(3)78-57)82-55-43(62-4)50(84-86(58)59)45(66)41(79-55)32-75-88(67,68)64-28-37-20-12-8-13-21-37/h8-27,34-36,41-57,62-66H,28-33H2,1-7H3/t34-,35?,36?,41?,42?,43?,44?,45+,46?,47?,48?,49+,50+,51+,52-,53+,54?,55+,56+,57+/m0/s1. The van der Waals surface area contributed by atoms with Gasteiger partial charge in [-0.25, -0.2) is 0 Å². The van der Waals surface area contributed by atoms with Gasteiger partial charge in [-0.3, -0.25) is 8.37 Å². The first kappa shape index (κ1) is 71.9. The van der Waals surface area contributed by atoms with E-state index in [2.05, 4.69) is 20.1 Å². The van der Waals surface area contributed by atoms with Crippen LogP contribution in [0.1, 0.15) is 43.0 Å². The van der Waals surface area contributed by atoms with Gasteiger partial charge in [0, 0.05) is 27.3 Å². The van der Waals surface area contributed by atoms with E-state index in [1.807, 2.05) is 80.6 Å². The maximum absolute atomic E-state index is 13.8. The molecule has 480 valence electrons. The van der Waals surface area contributed by atoms with Gasteiger partial charge in [0.05, 0.1) is 56.8 Å². The van der Waals surface area contributed by atoms with Crippen LogP contribution in [0.2, 0.25) is 0 Å². The zero-order valence-corrected chi connectivity index (χ0v) is 54.0. The molecule has 5 N–H and O–H groups in total. The molecule has 0 spiro atoms. The van der Waals surface area contributed by atoms with Gasteiger partial charge < -0.3 is 76.9 Å². The fourth-order valence-corrected chi connectivity index (χ4v) is 13.7. The molecule has 4 heterocycles. The number of aliphatic hydroxyl groups is 1. The fourth-order valence-electron chi connectivity index (χ4n) is 11.2. The molecule has 0 bridgehead atoms. The Balaban J connectivity index is 1.11. The van der Waals surface area contributed by atoms with Crippen molar-refractivity contribution in [2.75, 3.05) is 41.5 Å². The van der Waals surface area contributed by atoms with Gasteiger partial charge in [0.2, 0.25) is 0 Å². The molecule has 32 heteroatoms. The molecule has 4 fully saturated rings. The third kappa shape index (κ3) is 20.1. The molecule has 24 nitrogen and oxygen atoms in total. The van der Waals surface area contributed by atoms with Crippen molar-refractivity contribution in [3.8, 4) is 0 Å². The van der Waals surface area contributed by atoms with E-state index in [1.54, 1.807) is 82.7 Å². The highest BCUT2D eigenvalue weighted by atomic mass is 32.2. The van der Waals surface area contributed by atoms with Crippen molar-refractivity contribution in [3.63, 3.8) is 0 Å². The van der Waals surface area contributed by atoms with Gasteiger partial charge in [-0.05, 0) is 57.1 Å². The van der Waals surface area contributed by atoms with Gasteiger partial charge in [0.25, 0.3) is 0 Å². The molecule has 8 radical (unpaired) electrons. The summed E-state index contributed by atoms with van der Waals surface area (Å²) in [7, 11) is 17.7. The van der Waals surface area contributed by atoms with Crippen molar-refractivity contribution in [2.45, 2.75) is 170 Å². The number of hydrogen-bond acceptors (Lipinski definition) is 22. The molecular formula is C57H78B4N4O20P2S2. The van der Waals surface area contributed by atoms with Crippen molar-refractivity contribution < 1.29 is 91.5 Å². The molecule has 0 aromatic heterocycles. The Kier molecular flexibility index (Phi) is 27.9. The molecular weight excluding hydrogens is 1230 g/mol. The summed E-state index contributed by atoms with van der Waals surface area (Å²) in [6, 6.07) is 34.5. The van der Waals surface area contributed by atoms with Crippen LogP contribution in [0.3, 0.4) is 0 Å². The molecule has 0 amide bonds. The van der Waals surface area contributed by atoms with E-state index in [0.29, 0.717) is 11.1 Å². The van der Waals surface area contributed by atoms with Crippen LogP contribution >= 0.6 is 15.8 Å². The van der Waals surface area contributed by atoms with E-state index < -0.39 is 172 Å². The van der Waals surface area contributed by atoms with E-state index in [9.17, 15) is 21.9 Å². The molecule has 0 saturated carbocycles. The van der Waals surface area contributed by atoms with Crippen LogP contribution in [0.15, 0.2) is 121 Å². The van der Waals surface area contributed by atoms with Crippen molar-refractivity contribution in [1.29, 1.82) is 0 Å². The van der Waals surface area contributed by atoms with E-state index in [-0.39, 0.29) is 26.3 Å². The van der Waals surface area contributed by atoms with Gasteiger partial charge in [0.15, 0.2) is 18.9 Å². The highest BCUT2D eigenvalue weighted by Crippen LogP contribution is 2.41. The number of aliphatic hydroxyl groups excluding tert-OH is 1. The fraction of sp³-hybridized carbons (Fsp3) is 0.579. The predicted octanol–water partition coefficient (Wildman–Crippen LogP) is 2.88. The van der Waals surface area contributed by atoms with Crippen LogP contribution in [-0.4, -0.2) is 216 Å². The molecule has 4 saturated heterocycles. The molecule has 20 atom stereocenters. The Morgan fingerprint density at radius 1 is 0.461 bits per heavy atom. The first-order chi connectivity index (χ1) is 42.7. The molecule has 4 aliphatic rings. The molecule has 4 aromatic rings. The summed E-state index contributed by atoms with van der Waals surface area (Å²) >= 11 is 0. The summed E-state index contributed by atoms with van der Waals surface area (Å²) in [5, 5.41) is 18.1. The second-order valence-electron chi connectivity index (χ2n) is 21.6. The van der Waals surface area contributed by atoms with Gasteiger partial charge in [-0.1, -0.05) is 137 Å². The lowest BCUT2D eigenvalue weighted by Crippen LogP contribution is -2.69. The number of nitrogens with one attached hydrogen (secondary N) is 4. The Bertz CT molecular complexity index is 2950. The van der Waals surface area contributed by atoms with Crippen LogP contribution in [0.25, 0.3) is 0 Å². The molecule has 4 aliphatic heterocycles. The molecule has 10 unspecified atom stereocenters. The zero-order valence-electron chi connectivity index (χ0n) is 50.6. The third-order valence-electron chi connectivity index (χ3n) is 15.6. The van der Waals surface area contributed by atoms with Crippen molar-refractivity contribution in [1.82, 2.24) is 20.1 Å². The van der Waals surface area contributed by atoms with E-state index in [4.69, 9.17) is 99.8 Å². The van der Waals surface area contributed by atoms with Crippen LogP contribution in [-0.2, 0) is 116 Å². The lowest BCUT2D eigenvalue weighted by atomic mass is 9.93. The maximum atomic E-state index is 13.8. The topological polar surface area (TPSA) is 275 Å². The number of likely N-dealkylation sites (N-methyl/N-ethyl adjacent to an activating group) is 2. The maximum Gasteiger partial charge on any atom is 0.336 e. The Labute approximate surface area is 530 Å². The second-order valence-corrected chi connectivity index (χ2v) is 26.4. The van der Waals surface area contributed by atoms with Crippen molar-refractivity contribution >= 4 is 66.7 Å². The molecule has 4 aromatic carbocycles. The average Bonchev–Trinajstić information content (AvgIpc) is 0.984. The van der Waals surface area contributed by atoms with Crippen LogP contribution in [0.4, 0.5) is 0 Å². The Morgan fingerprint density at radius 3 is 1.29 bits per heavy atom. The average molecular weight is 1310 g/mol. The molecule has 0 aliphatic carbocycles. The summed E-state index contributed by atoms with van der Waals surface area (Å²) in [6.45, 7) is 4.03. The first-order valence-corrected chi connectivity index (χ1v) is 34.6. The van der Waals surface area contributed by atoms with Crippen LogP contribution in [0, 0.1) is 0 Å². The van der Waals surface area contributed by atoms with Crippen molar-refractivity contribution in [2.24, 2.45) is 0 Å². The predicted molar refractivity (Wildman–Crippen MR) is 333 cm³/mol. The van der Waals surface area contributed by atoms with E-state index in [1.165, 1.54) is 7.11 Å². The van der Waals surface area contributed by atoms with Gasteiger partial charge in [-0.2, -0.15) is 26.3 Å². The van der Waals surface area contributed by atoms with Gasteiger partial charge >= 0.3 is 20.6 Å². The number of methoxy groups -OCH3 is 2.